The minimum atomic E-state index is -0.360. The summed E-state index contributed by atoms with van der Waals surface area (Å²) in [6.45, 7) is 2.25. The van der Waals surface area contributed by atoms with Gasteiger partial charge in [-0.05, 0) is 31.9 Å². The number of nitrogens with zero attached hydrogens (tertiary/aromatic N) is 1. The molecule has 1 aliphatic rings. The minimum absolute atomic E-state index is 0. The number of halogens is 2. The van der Waals surface area contributed by atoms with E-state index in [0.717, 1.165) is 12.8 Å². The van der Waals surface area contributed by atoms with E-state index in [1.54, 1.807) is 18.2 Å². The summed E-state index contributed by atoms with van der Waals surface area (Å²) < 4.78 is 19.0. The van der Waals surface area contributed by atoms with Crippen molar-refractivity contribution in [3.05, 3.63) is 30.1 Å². The highest BCUT2D eigenvalue weighted by Gasteiger charge is 2.13. The SMILES string of the molecule is CC(CN=C(N)NC1CCCCC1)Oc1ccccc1F.I. The molecule has 0 heterocycles. The van der Waals surface area contributed by atoms with Crippen LogP contribution in [0.25, 0.3) is 0 Å². The molecule has 1 atom stereocenters. The molecule has 1 fully saturated rings. The van der Waals surface area contributed by atoms with E-state index in [4.69, 9.17) is 10.5 Å². The van der Waals surface area contributed by atoms with Gasteiger partial charge in [-0.2, -0.15) is 0 Å². The average Bonchev–Trinajstić information content (AvgIpc) is 2.49. The lowest BCUT2D eigenvalue weighted by atomic mass is 9.96. The Balaban J connectivity index is 0.00000242. The standard InChI is InChI=1S/C16H24FN3O.HI/c1-12(21-15-10-6-5-9-14(15)17)11-19-16(18)20-13-7-3-2-4-8-13;/h5-6,9-10,12-13H,2-4,7-8,11H2,1H3,(H3,18,19,20);1H. The Kier molecular flexibility index (Phi) is 8.52. The van der Waals surface area contributed by atoms with Crippen LogP contribution in [0.15, 0.2) is 29.3 Å². The fourth-order valence-corrected chi connectivity index (χ4v) is 2.52. The van der Waals surface area contributed by atoms with Crippen molar-refractivity contribution >= 4 is 29.9 Å². The number of guanidine groups is 1. The Labute approximate surface area is 148 Å². The zero-order valence-corrected chi connectivity index (χ0v) is 15.3. The Bertz CT molecular complexity index is 478. The number of hydrogen-bond donors (Lipinski definition) is 2. The van der Waals surface area contributed by atoms with Gasteiger partial charge in [0.25, 0.3) is 0 Å². The molecule has 1 unspecified atom stereocenters. The second kappa shape index (κ2) is 9.86. The molecule has 0 saturated heterocycles. The predicted octanol–water partition coefficient (Wildman–Crippen LogP) is 3.45. The molecule has 0 bridgehead atoms. The van der Waals surface area contributed by atoms with E-state index >= 15 is 0 Å². The molecule has 0 aromatic heterocycles. The zero-order chi connectivity index (χ0) is 15.1. The van der Waals surface area contributed by atoms with Crippen LogP contribution < -0.4 is 15.8 Å². The number of nitrogens with two attached hydrogens (primary N) is 1. The van der Waals surface area contributed by atoms with E-state index in [-0.39, 0.29) is 41.6 Å². The van der Waals surface area contributed by atoms with Gasteiger partial charge in [0.15, 0.2) is 17.5 Å². The van der Waals surface area contributed by atoms with Crippen molar-refractivity contribution in [3.8, 4) is 5.75 Å². The number of hydrogen-bond acceptors (Lipinski definition) is 2. The molecule has 124 valence electrons. The smallest absolute Gasteiger partial charge is 0.188 e. The van der Waals surface area contributed by atoms with Crippen LogP contribution in [-0.2, 0) is 0 Å². The van der Waals surface area contributed by atoms with Gasteiger partial charge in [0, 0.05) is 6.04 Å². The predicted molar refractivity (Wildman–Crippen MR) is 98.4 cm³/mol. The van der Waals surface area contributed by atoms with Crippen molar-refractivity contribution < 1.29 is 9.13 Å². The summed E-state index contributed by atoms with van der Waals surface area (Å²) in [6.07, 6.45) is 5.88. The molecule has 1 aromatic rings. The molecule has 0 spiro atoms. The monoisotopic (exact) mass is 421 g/mol. The second-order valence-electron chi connectivity index (χ2n) is 5.56. The van der Waals surface area contributed by atoms with Crippen LogP contribution in [-0.4, -0.2) is 24.7 Å². The Hall–Kier alpha value is -1.05. The highest BCUT2D eigenvalue weighted by Crippen LogP contribution is 2.18. The summed E-state index contributed by atoms with van der Waals surface area (Å²) in [4.78, 5) is 4.28. The van der Waals surface area contributed by atoms with Gasteiger partial charge in [-0.25, -0.2) is 9.38 Å². The summed E-state index contributed by atoms with van der Waals surface area (Å²) in [7, 11) is 0. The van der Waals surface area contributed by atoms with Crippen molar-refractivity contribution in [3.63, 3.8) is 0 Å². The third-order valence-corrected chi connectivity index (χ3v) is 3.64. The summed E-state index contributed by atoms with van der Waals surface area (Å²) >= 11 is 0. The van der Waals surface area contributed by atoms with Crippen molar-refractivity contribution in [2.24, 2.45) is 10.7 Å². The summed E-state index contributed by atoms with van der Waals surface area (Å²) in [5.74, 6) is 0.339. The third-order valence-electron chi connectivity index (χ3n) is 3.64. The van der Waals surface area contributed by atoms with E-state index < -0.39 is 0 Å². The first-order chi connectivity index (χ1) is 10.1. The van der Waals surface area contributed by atoms with Crippen molar-refractivity contribution in [1.29, 1.82) is 0 Å². The van der Waals surface area contributed by atoms with E-state index in [1.165, 1.54) is 25.3 Å². The largest absolute Gasteiger partial charge is 0.486 e. The summed E-state index contributed by atoms with van der Waals surface area (Å²) in [5, 5.41) is 3.25. The van der Waals surface area contributed by atoms with Crippen molar-refractivity contribution in [2.75, 3.05) is 6.54 Å². The molecular formula is C16H25FIN3O. The highest BCUT2D eigenvalue weighted by atomic mass is 127. The quantitative estimate of drug-likeness (QED) is 0.435. The number of para-hydroxylation sites is 1. The van der Waals surface area contributed by atoms with E-state index in [1.807, 2.05) is 6.92 Å². The van der Waals surface area contributed by atoms with Gasteiger partial charge in [-0.15, -0.1) is 24.0 Å². The molecule has 22 heavy (non-hydrogen) atoms. The van der Waals surface area contributed by atoms with E-state index in [2.05, 4.69) is 10.3 Å². The Morgan fingerprint density at radius 1 is 1.36 bits per heavy atom. The molecular weight excluding hydrogens is 396 g/mol. The number of rotatable bonds is 5. The number of nitrogens with one attached hydrogen (secondary N) is 1. The molecule has 0 radical (unpaired) electrons. The normalized spacial score (nSPS) is 17.5. The van der Waals surface area contributed by atoms with Crippen LogP contribution in [0.5, 0.6) is 5.75 Å². The number of ether oxygens (including phenoxy) is 1. The van der Waals surface area contributed by atoms with Gasteiger partial charge in [0.2, 0.25) is 0 Å². The van der Waals surface area contributed by atoms with Crippen molar-refractivity contribution in [2.45, 2.75) is 51.2 Å². The van der Waals surface area contributed by atoms with Crippen LogP contribution in [0.1, 0.15) is 39.0 Å². The fourth-order valence-electron chi connectivity index (χ4n) is 2.52. The first-order valence-corrected chi connectivity index (χ1v) is 7.63. The molecule has 2 rings (SSSR count). The van der Waals surface area contributed by atoms with Crippen LogP contribution in [0.3, 0.4) is 0 Å². The van der Waals surface area contributed by atoms with Crippen LogP contribution >= 0.6 is 24.0 Å². The van der Waals surface area contributed by atoms with Crippen LogP contribution in [0, 0.1) is 5.82 Å². The molecule has 1 aliphatic carbocycles. The fraction of sp³-hybridized carbons (Fsp3) is 0.562. The van der Waals surface area contributed by atoms with Gasteiger partial charge < -0.3 is 15.8 Å². The molecule has 3 N–H and O–H groups in total. The van der Waals surface area contributed by atoms with E-state index in [9.17, 15) is 4.39 Å². The highest BCUT2D eigenvalue weighted by molar-refractivity contribution is 14.0. The number of benzene rings is 1. The molecule has 1 aromatic carbocycles. The maximum absolute atomic E-state index is 13.5. The molecule has 0 amide bonds. The minimum Gasteiger partial charge on any atom is -0.486 e. The molecule has 0 aliphatic heterocycles. The Morgan fingerprint density at radius 2 is 2.05 bits per heavy atom. The topological polar surface area (TPSA) is 59.6 Å². The summed E-state index contributed by atoms with van der Waals surface area (Å²) in [5.41, 5.74) is 5.89. The van der Waals surface area contributed by atoms with Gasteiger partial charge in [0.05, 0.1) is 6.54 Å². The van der Waals surface area contributed by atoms with Gasteiger partial charge in [0.1, 0.15) is 6.10 Å². The summed E-state index contributed by atoms with van der Waals surface area (Å²) in [6, 6.07) is 6.80. The molecule has 1 saturated carbocycles. The average molecular weight is 421 g/mol. The van der Waals surface area contributed by atoms with Gasteiger partial charge >= 0.3 is 0 Å². The molecule has 6 heteroatoms. The van der Waals surface area contributed by atoms with E-state index in [0.29, 0.717) is 18.5 Å². The lowest BCUT2D eigenvalue weighted by Gasteiger charge is -2.23. The van der Waals surface area contributed by atoms with Gasteiger partial charge in [-0.1, -0.05) is 31.4 Å². The first kappa shape index (κ1) is 19.0. The zero-order valence-electron chi connectivity index (χ0n) is 12.9. The lowest BCUT2D eigenvalue weighted by Crippen LogP contribution is -2.41. The molecule has 4 nitrogen and oxygen atoms in total. The number of aliphatic imine (C=N–C) groups is 1. The lowest BCUT2D eigenvalue weighted by molar-refractivity contribution is 0.220. The maximum Gasteiger partial charge on any atom is 0.188 e. The van der Waals surface area contributed by atoms with Crippen LogP contribution in [0.4, 0.5) is 4.39 Å². The van der Waals surface area contributed by atoms with Crippen molar-refractivity contribution in [1.82, 2.24) is 5.32 Å². The second-order valence-corrected chi connectivity index (χ2v) is 5.56. The first-order valence-electron chi connectivity index (χ1n) is 7.63. The maximum atomic E-state index is 13.5. The van der Waals surface area contributed by atoms with Crippen LogP contribution in [0.2, 0.25) is 0 Å². The third kappa shape index (κ3) is 6.37. The van der Waals surface area contributed by atoms with Gasteiger partial charge in [-0.3, -0.25) is 0 Å². The Morgan fingerprint density at radius 3 is 2.73 bits per heavy atom.